The molecule has 1 amide bonds. The molecule has 0 spiro atoms. The number of alkyl halides is 6. The highest BCUT2D eigenvalue weighted by atomic mass is 32.2. The second-order valence-corrected chi connectivity index (χ2v) is 9.47. The van der Waals surface area contributed by atoms with Gasteiger partial charge in [0, 0.05) is 19.4 Å². The summed E-state index contributed by atoms with van der Waals surface area (Å²) >= 11 is 0. The highest BCUT2D eigenvalue weighted by Gasteiger charge is 2.82. The zero-order valence-corrected chi connectivity index (χ0v) is 16.3. The lowest BCUT2D eigenvalue weighted by atomic mass is 10.2. The second-order valence-electron chi connectivity index (χ2n) is 6.28. The molecule has 0 saturated heterocycles. The Morgan fingerprint density at radius 3 is 1.97 bits per heavy atom. The van der Waals surface area contributed by atoms with Crippen molar-refractivity contribution in [1.82, 2.24) is 4.72 Å². The van der Waals surface area contributed by atoms with Gasteiger partial charge in [0.2, 0.25) is 5.79 Å². The predicted molar refractivity (Wildman–Crippen MR) is 84.6 cm³/mol. The number of ether oxygens (including phenoxy) is 2. The molecule has 0 aromatic heterocycles. The Morgan fingerprint density at radius 2 is 1.47 bits per heavy atom. The van der Waals surface area contributed by atoms with Gasteiger partial charge in [-0.15, -0.1) is 0 Å². The van der Waals surface area contributed by atoms with Gasteiger partial charge in [0.05, 0.1) is 0 Å². The van der Waals surface area contributed by atoms with Gasteiger partial charge < -0.3 is 9.47 Å². The van der Waals surface area contributed by atoms with Crippen molar-refractivity contribution in [2.45, 2.75) is 36.1 Å². The van der Waals surface area contributed by atoms with Crippen molar-refractivity contribution in [3.05, 3.63) is 23.8 Å². The molecule has 0 atom stereocenters. The van der Waals surface area contributed by atoms with Gasteiger partial charge in [-0.2, -0.15) is 43.2 Å². The van der Waals surface area contributed by atoms with Crippen LogP contribution in [0, 0.1) is 0 Å². The van der Waals surface area contributed by atoms with E-state index in [1.807, 2.05) is 0 Å². The normalized spacial score (nSPS) is 17.0. The Morgan fingerprint density at radius 1 is 0.967 bits per heavy atom. The molecule has 17 heteroatoms. The third-order valence-electron chi connectivity index (χ3n) is 3.54. The van der Waals surface area contributed by atoms with E-state index in [1.165, 1.54) is 13.8 Å². The fourth-order valence-corrected chi connectivity index (χ4v) is 3.58. The summed E-state index contributed by atoms with van der Waals surface area (Å²) in [5.74, 6) is -10.4. The minimum Gasteiger partial charge on any atom is -0.449 e. The van der Waals surface area contributed by atoms with Gasteiger partial charge in [-0.25, -0.2) is 4.72 Å². The maximum atomic E-state index is 13.7. The van der Waals surface area contributed by atoms with Crippen LogP contribution < -0.4 is 14.2 Å². The first-order chi connectivity index (χ1) is 13.2. The number of fused-ring (bicyclic) bond motifs is 1. The number of sulfonamides is 1. The number of carbonyl (C=O) groups is 1. The Bertz CT molecular complexity index is 1100. The molecule has 1 aliphatic rings. The van der Waals surface area contributed by atoms with Gasteiger partial charge >= 0.3 is 36.6 Å². The Balaban J connectivity index is 2.37. The Kier molecular flexibility index (Phi) is 5.29. The quantitative estimate of drug-likeness (QED) is 0.459. The Labute approximate surface area is 164 Å². The Hall–Kier alpha value is -2.27. The van der Waals surface area contributed by atoms with Gasteiger partial charge in [0.25, 0.3) is 5.91 Å². The molecule has 0 unspecified atom stereocenters. The van der Waals surface area contributed by atoms with E-state index in [9.17, 15) is 48.0 Å². The van der Waals surface area contributed by atoms with Crippen LogP contribution >= 0.6 is 0 Å². The van der Waals surface area contributed by atoms with Gasteiger partial charge in [-0.1, -0.05) is 0 Å². The molecule has 1 aromatic rings. The zero-order chi connectivity index (χ0) is 23.6. The van der Waals surface area contributed by atoms with E-state index >= 15 is 0 Å². The van der Waals surface area contributed by atoms with Crippen molar-refractivity contribution in [1.29, 1.82) is 0 Å². The van der Waals surface area contributed by atoms with E-state index < -0.39 is 53.8 Å². The molecular weight excluding hydrogens is 476 g/mol. The molecule has 0 bridgehead atoms. The first-order valence-corrected chi connectivity index (χ1v) is 10.3. The topological polar surface area (TPSA) is 136 Å². The standard InChI is InChI=1S/C13H11F6NO8S2/c1-10(2)27-7-4-3-6(5-8(7)28-10)9(21)20-29(22,23)12(16,17)11(14,15)13(18,19)30(24,25)26/h3-5H,1-2H3,(H,20,21)(H,24,25,26). The maximum Gasteiger partial charge on any atom is 0.439 e. The van der Waals surface area contributed by atoms with Gasteiger partial charge in [0.1, 0.15) is 0 Å². The molecule has 0 saturated carbocycles. The molecular formula is C13H11F6NO8S2. The molecule has 1 heterocycles. The summed E-state index contributed by atoms with van der Waals surface area (Å²) in [7, 11) is -14.1. The number of carbonyl (C=O) groups excluding carboxylic acids is 1. The van der Waals surface area contributed by atoms with Crippen LogP contribution in [0.5, 0.6) is 11.5 Å². The largest absolute Gasteiger partial charge is 0.449 e. The van der Waals surface area contributed by atoms with Crippen LogP contribution in [-0.2, 0) is 20.1 Å². The van der Waals surface area contributed by atoms with Crippen molar-refractivity contribution >= 4 is 26.0 Å². The van der Waals surface area contributed by atoms with Crippen LogP contribution in [0.25, 0.3) is 0 Å². The van der Waals surface area contributed by atoms with Gasteiger partial charge in [-0.3, -0.25) is 9.35 Å². The van der Waals surface area contributed by atoms with Crippen LogP contribution in [0.15, 0.2) is 18.2 Å². The van der Waals surface area contributed by atoms with Crippen molar-refractivity contribution in [3.63, 3.8) is 0 Å². The lowest BCUT2D eigenvalue weighted by Gasteiger charge is -2.30. The third kappa shape index (κ3) is 3.64. The summed E-state index contributed by atoms with van der Waals surface area (Å²) in [6.45, 7) is 2.88. The van der Waals surface area contributed by atoms with Crippen LogP contribution in [-0.4, -0.2) is 49.5 Å². The summed E-state index contributed by atoms with van der Waals surface area (Å²) in [6.07, 6.45) is 0. The summed E-state index contributed by atoms with van der Waals surface area (Å²) in [6, 6.07) is 2.65. The fraction of sp³-hybridized carbons (Fsp3) is 0.462. The zero-order valence-electron chi connectivity index (χ0n) is 14.6. The van der Waals surface area contributed by atoms with E-state index in [2.05, 4.69) is 0 Å². The molecule has 170 valence electrons. The highest BCUT2D eigenvalue weighted by Crippen LogP contribution is 2.50. The molecule has 30 heavy (non-hydrogen) atoms. The molecule has 0 aliphatic carbocycles. The lowest BCUT2D eigenvalue weighted by Crippen LogP contribution is -2.63. The molecule has 1 aromatic carbocycles. The molecule has 1 aliphatic heterocycles. The van der Waals surface area contributed by atoms with Crippen LogP contribution in [0.1, 0.15) is 24.2 Å². The monoisotopic (exact) mass is 487 g/mol. The summed E-state index contributed by atoms with van der Waals surface area (Å²) in [5, 5.41) is -13.8. The number of hydrogen-bond donors (Lipinski definition) is 2. The predicted octanol–water partition coefficient (Wildman–Crippen LogP) is 1.96. The maximum absolute atomic E-state index is 13.7. The second kappa shape index (κ2) is 6.61. The highest BCUT2D eigenvalue weighted by molar-refractivity contribution is 7.91. The average molecular weight is 487 g/mol. The first kappa shape index (κ1) is 24.0. The summed E-state index contributed by atoms with van der Waals surface area (Å²) in [4.78, 5) is 11.9. The fourth-order valence-electron chi connectivity index (χ4n) is 2.11. The molecule has 9 nitrogen and oxygen atoms in total. The van der Waals surface area contributed by atoms with Crippen molar-refractivity contribution in [2.24, 2.45) is 0 Å². The summed E-state index contributed by atoms with van der Waals surface area (Å²) in [5.41, 5.74) is -0.737. The molecule has 2 N–H and O–H groups in total. The number of hydrogen-bond acceptors (Lipinski definition) is 7. The van der Waals surface area contributed by atoms with E-state index in [4.69, 9.17) is 14.0 Å². The van der Waals surface area contributed by atoms with E-state index in [-0.39, 0.29) is 11.5 Å². The van der Waals surface area contributed by atoms with Crippen molar-refractivity contribution < 1.29 is 62.0 Å². The van der Waals surface area contributed by atoms with Crippen molar-refractivity contribution in [3.8, 4) is 11.5 Å². The van der Waals surface area contributed by atoms with Gasteiger partial charge in [0.15, 0.2) is 11.5 Å². The smallest absolute Gasteiger partial charge is 0.439 e. The molecule has 0 fully saturated rings. The van der Waals surface area contributed by atoms with Crippen LogP contribution in [0.2, 0.25) is 0 Å². The third-order valence-corrected chi connectivity index (χ3v) is 5.83. The first-order valence-electron chi connectivity index (χ1n) is 7.35. The minimum atomic E-state index is -7.17. The van der Waals surface area contributed by atoms with Crippen LogP contribution in [0.4, 0.5) is 26.3 Å². The van der Waals surface area contributed by atoms with Crippen molar-refractivity contribution in [2.75, 3.05) is 0 Å². The SMILES string of the molecule is CC1(C)Oc2ccc(C(=O)NS(=O)(=O)C(F)(F)C(F)(F)C(F)(F)S(=O)(=O)O)cc2O1. The number of nitrogens with one attached hydrogen (secondary N) is 1. The lowest BCUT2D eigenvalue weighted by molar-refractivity contribution is -0.245. The van der Waals surface area contributed by atoms with E-state index in [1.54, 1.807) is 0 Å². The van der Waals surface area contributed by atoms with Gasteiger partial charge in [-0.05, 0) is 18.2 Å². The molecule has 2 rings (SSSR count). The van der Waals surface area contributed by atoms with E-state index in [0.717, 1.165) is 18.2 Å². The number of rotatable bonds is 6. The van der Waals surface area contributed by atoms with Crippen LogP contribution in [0.3, 0.4) is 0 Å². The average Bonchev–Trinajstić information content (AvgIpc) is 2.85. The number of amides is 1. The summed E-state index contributed by atoms with van der Waals surface area (Å²) < 4.78 is 144. The van der Waals surface area contributed by atoms with E-state index in [0.29, 0.717) is 4.72 Å². The number of benzene rings is 1. The minimum absolute atomic E-state index is 0.0593. The number of halogens is 6. The molecule has 0 radical (unpaired) electrons.